The van der Waals surface area contributed by atoms with Gasteiger partial charge in [0, 0.05) is 13.0 Å². The third-order valence-corrected chi connectivity index (χ3v) is 3.32. The van der Waals surface area contributed by atoms with Crippen LogP contribution in [0, 0.1) is 0 Å². The zero-order chi connectivity index (χ0) is 15.4. The number of aryl methyl sites for hydroxylation is 2. The predicted molar refractivity (Wildman–Crippen MR) is 77.3 cm³/mol. The molecule has 0 aliphatic heterocycles. The van der Waals surface area contributed by atoms with Crippen molar-refractivity contribution in [3.05, 3.63) is 29.6 Å². The Balaban J connectivity index is 2.45. The van der Waals surface area contributed by atoms with Gasteiger partial charge in [-0.1, -0.05) is 6.92 Å². The number of carboxylic acids is 1. The molecule has 0 fully saturated rings. The summed E-state index contributed by atoms with van der Waals surface area (Å²) in [7, 11) is 1.35. The number of carbonyl (C=O) groups excluding carboxylic acids is 1. The van der Waals surface area contributed by atoms with Crippen LogP contribution in [0.3, 0.4) is 0 Å². The summed E-state index contributed by atoms with van der Waals surface area (Å²) in [5, 5.41) is 9.10. The van der Waals surface area contributed by atoms with Crippen LogP contribution >= 0.6 is 0 Å². The molecule has 2 rings (SSSR count). The topological polar surface area (TPSA) is 81.4 Å². The van der Waals surface area contributed by atoms with Crippen molar-refractivity contribution in [3.63, 3.8) is 0 Å². The van der Waals surface area contributed by atoms with Crippen molar-refractivity contribution in [1.29, 1.82) is 0 Å². The van der Waals surface area contributed by atoms with E-state index in [1.54, 1.807) is 12.1 Å². The van der Waals surface area contributed by atoms with E-state index in [-0.39, 0.29) is 18.0 Å². The van der Waals surface area contributed by atoms with E-state index in [2.05, 4.69) is 9.72 Å². The molecule has 0 bridgehead atoms. The van der Waals surface area contributed by atoms with Crippen molar-refractivity contribution >= 4 is 23.0 Å². The minimum Gasteiger partial charge on any atom is -0.478 e. The Morgan fingerprint density at radius 3 is 2.76 bits per heavy atom. The van der Waals surface area contributed by atoms with Crippen LogP contribution in [0.15, 0.2) is 18.2 Å². The summed E-state index contributed by atoms with van der Waals surface area (Å²) in [6, 6.07) is 4.84. The maximum atomic E-state index is 11.3. The number of ether oxygens (including phenoxy) is 1. The molecule has 0 saturated heterocycles. The number of hydrogen-bond donors (Lipinski definition) is 1. The highest BCUT2D eigenvalue weighted by Gasteiger charge is 2.14. The lowest BCUT2D eigenvalue weighted by atomic mass is 10.2. The number of rotatable bonds is 6. The van der Waals surface area contributed by atoms with Crippen LogP contribution in [0.2, 0.25) is 0 Å². The summed E-state index contributed by atoms with van der Waals surface area (Å²) in [5.41, 5.74) is 1.69. The van der Waals surface area contributed by atoms with E-state index in [4.69, 9.17) is 5.11 Å². The first-order chi connectivity index (χ1) is 10.1. The lowest BCUT2D eigenvalue weighted by Gasteiger charge is -2.08. The third kappa shape index (κ3) is 3.21. The molecule has 0 spiro atoms. The van der Waals surface area contributed by atoms with Gasteiger partial charge in [-0.15, -0.1) is 0 Å². The average molecular weight is 290 g/mol. The number of carboxylic acid groups (broad SMARTS) is 1. The van der Waals surface area contributed by atoms with Crippen LogP contribution in [-0.2, 0) is 22.5 Å². The second-order valence-electron chi connectivity index (χ2n) is 4.76. The van der Waals surface area contributed by atoms with Crippen LogP contribution < -0.4 is 0 Å². The molecule has 1 aromatic carbocycles. The van der Waals surface area contributed by atoms with Gasteiger partial charge in [0.15, 0.2) is 0 Å². The molecule has 21 heavy (non-hydrogen) atoms. The Kier molecular flexibility index (Phi) is 4.57. The molecule has 0 amide bonds. The highest BCUT2D eigenvalue weighted by Crippen LogP contribution is 2.20. The molecule has 0 radical (unpaired) electrons. The van der Waals surface area contributed by atoms with E-state index in [0.717, 1.165) is 29.7 Å². The molecule has 1 heterocycles. The third-order valence-electron chi connectivity index (χ3n) is 3.32. The lowest BCUT2D eigenvalue weighted by Crippen LogP contribution is -2.10. The van der Waals surface area contributed by atoms with Crippen molar-refractivity contribution in [2.45, 2.75) is 32.7 Å². The Morgan fingerprint density at radius 1 is 1.38 bits per heavy atom. The Labute approximate surface area is 122 Å². The van der Waals surface area contributed by atoms with Gasteiger partial charge < -0.3 is 14.4 Å². The Hall–Kier alpha value is -2.37. The van der Waals surface area contributed by atoms with Gasteiger partial charge in [-0.05, 0) is 24.6 Å². The molecule has 6 nitrogen and oxygen atoms in total. The fourth-order valence-electron chi connectivity index (χ4n) is 2.27. The van der Waals surface area contributed by atoms with Crippen LogP contribution in [-0.4, -0.2) is 33.7 Å². The number of aromatic carboxylic acids is 1. The van der Waals surface area contributed by atoms with E-state index < -0.39 is 5.97 Å². The molecule has 1 aromatic heterocycles. The second-order valence-corrected chi connectivity index (χ2v) is 4.76. The molecule has 0 atom stereocenters. The molecule has 6 heteroatoms. The fourth-order valence-corrected chi connectivity index (χ4v) is 2.27. The SMILES string of the molecule is CCCc1nc2ccc(C(=O)O)cc2n1CCC(=O)OC. The molecule has 2 aromatic rings. The minimum atomic E-state index is -0.977. The number of nitrogens with zero attached hydrogens (tertiary/aromatic N) is 2. The van der Waals surface area contributed by atoms with Crippen LogP contribution in [0.1, 0.15) is 35.9 Å². The van der Waals surface area contributed by atoms with Crippen LogP contribution in [0.25, 0.3) is 11.0 Å². The predicted octanol–water partition coefficient (Wildman–Crippen LogP) is 2.25. The van der Waals surface area contributed by atoms with Crippen molar-refractivity contribution in [1.82, 2.24) is 9.55 Å². The number of methoxy groups -OCH3 is 1. The van der Waals surface area contributed by atoms with E-state index in [1.807, 2.05) is 11.5 Å². The number of benzene rings is 1. The molecule has 0 unspecified atom stereocenters. The first-order valence-electron chi connectivity index (χ1n) is 6.86. The second kappa shape index (κ2) is 6.39. The summed E-state index contributed by atoms with van der Waals surface area (Å²) in [6.45, 7) is 2.48. The van der Waals surface area contributed by atoms with Gasteiger partial charge in [-0.3, -0.25) is 4.79 Å². The number of carbonyl (C=O) groups is 2. The molecule has 0 aliphatic carbocycles. The number of fused-ring (bicyclic) bond motifs is 1. The van der Waals surface area contributed by atoms with E-state index >= 15 is 0 Å². The fraction of sp³-hybridized carbons (Fsp3) is 0.400. The molecule has 0 aliphatic rings. The van der Waals surface area contributed by atoms with Crippen molar-refractivity contribution in [2.75, 3.05) is 7.11 Å². The summed E-state index contributed by atoms with van der Waals surface area (Å²) in [4.78, 5) is 27.0. The Bertz CT molecular complexity index is 676. The van der Waals surface area contributed by atoms with E-state index in [1.165, 1.54) is 13.2 Å². The van der Waals surface area contributed by atoms with Crippen LogP contribution in [0.5, 0.6) is 0 Å². The summed E-state index contributed by atoms with van der Waals surface area (Å²) in [5.74, 6) is -0.415. The monoisotopic (exact) mass is 290 g/mol. The van der Waals surface area contributed by atoms with Crippen molar-refractivity contribution < 1.29 is 19.4 Å². The number of aromatic nitrogens is 2. The molecular weight excluding hydrogens is 272 g/mol. The lowest BCUT2D eigenvalue weighted by molar-refractivity contribution is -0.140. The highest BCUT2D eigenvalue weighted by atomic mass is 16.5. The van der Waals surface area contributed by atoms with E-state index in [0.29, 0.717) is 6.54 Å². The molecule has 112 valence electrons. The van der Waals surface area contributed by atoms with Crippen LogP contribution in [0.4, 0.5) is 0 Å². The maximum Gasteiger partial charge on any atom is 0.335 e. The number of imidazole rings is 1. The maximum absolute atomic E-state index is 11.3. The van der Waals surface area contributed by atoms with E-state index in [9.17, 15) is 9.59 Å². The van der Waals surface area contributed by atoms with Gasteiger partial charge in [0.25, 0.3) is 0 Å². The van der Waals surface area contributed by atoms with Crippen molar-refractivity contribution in [3.8, 4) is 0 Å². The summed E-state index contributed by atoms with van der Waals surface area (Å²) < 4.78 is 6.56. The van der Waals surface area contributed by atoms with Gasteiger partial charge in [0.2, 0.25) is 0 Å². The zero-order valence-electron chi connectivity index (χ0n) is 12.1. The summed E-state index contributed by atoms with van der Waals surface area (Å²) >= 11 is 0. The molecule has 0 saturated carbocycles. The quantitative estimate of drug-likeness (QED) is 0.825. The number of hydrogen-bond acceptors (Lipinski definition) is 4. The smallest absolute Gasteiger partial charge is 0.335 e. The van der Waals surface area contributed by atoms with Gasteiger partial charge in [-0.2, -0.15) is 0 Å². The molecule has 1 N–H and O–H groups in total. The molecular formula is C15H18N2O4. The normalized spacial score (nSPS) is 10.8. The van der Waals surface area contributed by atoms with Gasteiger partial charge in [0.1, 0.15) is 5.82 Å². The first kappa shape index (κ1) is 15.0. The standard InChI is InChI=1S/C15H18N2O4/c1-3-4-13-16-11-6-5-10(15(19)20)9-12(11)17(13)8-7-14(18)21-2/h5-6,9H,3-4,7-8H2,1-2H3,(H,19,20). The first-order valence-corrected chi connectivity index (χ1v) is 6.86. The minimum absolute atomic E-state index is 0.213. The number of esters is 1. The largest absolute Gasteiger partial charge is 0.478 e. The van der Waals surface area contributed by atoms with Gasteiger partial charge in [0.05, 0.1) is 30.1 Å². The van der Waals surface area contributed by atoms with Gasteiger partial charge >= 0.3 is 11.9 Å². The van der Waals surface area contributed by atoms with Gasteiger partial charge in [-0.25, -0.2) is 9.78 Å². The Morgan fingerprint density at radius 2 is 2.14 bits per heavy atom. The van der Waals surface area contributed by atoms with Crippen molar-refractivity contribution in [2.24, 2.45) is 0 Å². The highest BCUT2D eigenvalue weighted by molar-refractivity contribution is 5.92. The summed E-state index contributed by atoms with van der Waals surface area (Å²) in [6.07, 6.45) is 1.93. The average Bonchev–Trinajstić information content (AvgIpc) is 2.81. The zero-order valence-corrected chi connectivity index (χ0v) is 12.1.